The molecule has 4 nitrogen and oxygen atoms in total. The highest BCUT2D eigenvalue weighted by atomic mass is 16.5. The molecule has 1 N–H and O–H groups in total. The van der Waals surface area contributed by atoms with Gasteiger partial charge in [-0.2, -0.15) is 0 Å². The lowest BCUT2D eigenvalue weighted by Crippen LogP contribution is -1.99. The SMILES string of the molecule is CCOc1ccc(-c2ccnc(CCO)n2)cc1. The second-order valence-electron chi connectivity index (χ2n) is 3.79. The molecule has 0 saturated carbocycles. The molecule has 1 aromatic carbocycles. The summed E-state index contributed by atoms with van der Waals surface area (Å²) in [5, 5.41) is 8.88. The van der Waals surface area contributed by atoms with Gasteiger partial charge in [0.05, 0.1) is 18.9 Å². The van der Waals surface area contributed by atoms with Crippen molar-refractivity contribution in [3.63, 3.8) is 0 Å². The van der Waals surface area contributed by atoms with Gasteiger partial charge in [0, 0.05) is 18.2 Å². The van der Waals surface area contributed by atoms with E-state index in [4.69, 9.17) is 9.84 Å². The molecule has 2 rings (SSSR count). The molecule has 0 radical (unpaired) electrons. The minimum atomic E-state index is 0.0622. The van der Waals surface area contributed by atoms with Gasteiger partial charge in [0.2, 0.25) is 0 Å². The lowest BCUT2D eigenvalue weighted by molar-refractivity contribution is 0.296. The van der Waals surface area contributed by atoms with Crippen LogP contribution in [0.4, 0.5) is 0 Å². The van der Waals surface area contributed by atoms with Crippen molar-refractivity contribution in [3.8, 4) is 17.0 Å². The number of ether oxygens (including phenoxy) is 1. The van der Waals surface area contributed by atoms with E-state index in [1.165, 1.54) is 0 Å². The summed E-state index contributed by atoms with van der Waals surface area (Å²) in [7, 11) is 0. The second-order valence-corrected chi connectivity index (χ2v) is 3.79. The first kappa shape index (κ1) is 12.5. The average Bonchev–Trinajstić information content (AvgIpc) is 2.41. The average molecular weight is 244 g/mol. The van der Waals surface area contributed by atoms with Gasteiger partial charge in [-0.1, -0.05) is 0 Å². The molecule has 0 amide bonds. The molecular formula is C14H16N2O2. The van der Waals surface area contributed by atoms with Crippen LogP contribution < -0.4 is 4.74 Å². The molecule has 0 bridgehead atoms. The van der Waals surface area contributed by atoms with E-state index in [-0.39, 0.29) is 6.61 Å². The third-order valence-corrected chi connectivity index (χ3v) is 2.50. The Morgan fingerprint density at radius 2 is 1.94 bits per heavy atom. The summed E-state index contributed by atoms with van der Waals surface area (Å²) in [6, 6.07) is 9.64. The minimum Gasteiger partial charge on any atom is -0.494 e. The van der Waals surface area contributed by atoms with E-state index in [0.29, 0.717) is 18.9 Å². The topological polar surface area (TPSA) is 55.2 Å². The van der Waals surface area contributed by atoms with Gasteiger partial charge in [-0.05, 0) is 37.3 Å². The third kappa shape index (κ3) is 3.05. The molecular weight excluding hydrogens is 228 g/mol. The molecule has 18 heavy (non-hydrogen) atoms. The number of rotatable bonds is 5. The summed E-state index contributed by atoms with van der Waals surface area (Å²) >= 11 is 0. The van der Waals surface area contributed by atoms with Gasteiger partial charge in [-0.25, -0.2) is 9.97 Å². The molecule has 1 heterocycles. The lowest BCUT2D eigenvalue weighted by atomic mass is 10.1. The van der Waals surface area contributed by atoms with Crippen LogP contribution in [0.25, 0.3) is 11.3 Å². The number of nitrogens with zero attached hydrogens (tertiary/aromatic N) is 2. The van der Waals surface area contributed by atoms with Gasteiger partial charge in [0.1, 0.15) is 11.6 Å². The van der Waals surface area contributed by atoms with Crippen molar-refractivity contribution in [3.05, 3.63) is 42.4 Å². The monoisotopic (exact) mass is 244 g/mol. The summed E-state index contributed by atoms with van der Waals surface area (Å²) in [6.07, 6.45) is 2.19. The Morgan fingerprint density at radius 3 is 2.61 bits per heavy atom. The summed E-state index contributed by atoms with van der Waals surface area (Å²) in [6.45, 7) is 2.68. The van der Waals surface area contributed by atoms with Crippen LogP contribution in [0.15, 0.2) is 36.5 Å². The van der Waals surface area contributed by atoms with Gasteiger partial charge < -0.3 is 9.84 Å². The van der Waals surface area contributed by atoms with Crippen LogP contribution in [0, 0.1) is 0 Å². The molecule has 4 heteroatoms. The predicted octanol–water partition coefficient (Wildman–Crippen LogP) is 2.08. The summed E-state index contributed by atoms with van der Waals surface area (Å²) < 4.78 is 5.39. The van der Waals surface area contributed by atoms with Gasteiger partial charge >= 0.3 is 0 Å². The molecule has 0 atom stereocenters. The molecule has 0 fully saturated rings. The molecule has 0 aliphatic carbocycles. The fraction of sp³-hybridized carbons (Fsp3) is 0.286. The Labute approximate surface area is 106 Å². The van der Waals surface area contributed by atoms with E-state index < -0.39 is 0 Å². The number of benzene rings is 1. The van der Waals surface area contributed by atoms with E-state index in [1.807, 2.05) is 37.3 Å². The fourth-order valence-corrected chi connectivity index (χ4v) is 1.67. The number of aliphatic hydroxyl groups excluding tert-OH is 1. The van der Waals surface area contributed by atoms with Crippen LogP contribution in [0.2, 0.25) is 0 Å². The number of aromatic nitrogens is 2. The zero-order valence-electron chi connectivity index (χ0n) is 10.3. The molecule has 94 valence electrons. The highest BCUT2D eigenvalue weighted by molar-refractivity contribution is 5.59. The predicted molar refractivity (Wildman–Crippen MR) is 69.4 cm³/mol. The molecule has 0 aliphatic rings. The quantitative estimate of drug-likeness (QED) is 0.874. The Hall–Kier alpha value is -1.94. The van der Waals surface area contributed by atoms with E-state index in [2.05, 4.69) is 9.97 Å². The summed E-state index contributed by atoms with van der Waals surface area (Å²) in [5.41, 5.74) is 1.87. The Morgan fingerprint density at radius 1 is 1.17 bits per heavy atom. The smallest absolute Gasteiger partial charge is 0.131 e. The highest BCUT2D eigenvalue weighted by Gasteiger charge is 2.02. The third-order valence-electron chi connectivity index (χ3n) is 2.50. The Kier molecular flexibility index (Phi) is 4.25. The maximum atomic E-state index is 8.88. The van der Waals surface area contributed by atoms with Crippen molar-refractivity contribution < 1.29 is 9.84 Å². The lowest BCUT2D eigenvalue weighted by Gasteiger charge is -2.05. The van der Waals surface area contributed by atoms with Gasteiger partial charge in [-0.15, -0.1) is 0 Å². The van der Waals surface area contributed by atoms with Gasteiger partial charge in [-0.3, -0.25) is 0 Å². The molecule has 2 aromatic rings. The van der Waals surface area contributed by atoms with Crippen LogP contribution in [0.1, 0.15) is 12.7 Å². The zero-order valence-corrected chi connectivity index (χ0v) is 10.3. The van der Waals surface area contributed by atoms with Crippen molar-refractivity contribution in [1.29, 1.82) is 0 Å². The molecule has 0 aliphatic heterocycles. The van der Waals surface area contributed by atoms with Crippen molar-refractivity contribution in [2.45, 2.75) is 13.3 Å². The van der Waals surface area contributed by atoms with Crippen molar-refractivity contribution in [1.82, 2.24) is 9.97 Å². The molecule has 0 spiro atoms. The number of aliphatic hydroxyl groups is 1. The van der Waals surface area contributed by atoms with Crippen molar-refractivity contribution >= 4 is 0 Å². The summed E-state index contributed by atoms with van der Waals surface area (Å²) in [5.74, 6) is 1.51. The van der Waals surface area contributed by atoms with Gasteiger partial charge in [0.25, 0.3) is 0 Å². The standard InChI is InChI=1S/C14H16N2O2/c1-2-18-12-5-3-11(4-6-12)13-7-9-15-14(16-13)8-10-17/h3-7,9,17H,2,8,10H2,1H3. The van der Waals surface area contributed by atoms with Crippen LogP contribution in [0.3, 0.4) is 0 Å². The van der Waals surface area contributed by atoms with E-state index in [0.717, 1.165) is 17.0 Å². The molecule has 0 unspecified atom stereocenters. The van der Waals surface area contributed by atoms with Crippen molar-refractivity contribution in [2.24, 2.45) is 0 Å². The zero-order chi connectivity index (χ0) is 12.8. The molecule has 0 saturated heterocycles. The maximum Gasteiger partial charge on any atom is 0.131 e. The second kappa shape index (κ2) is 6.12. The largest absolute Gasteiger partial charge is 0.494 e. The number of hydrogen-bond donors (Lipinski definition) is 1. The molecule has 1 aromatic heterocycles. The first-order chi connectivity index (χ1) is 8.83. The summed E-state index contributed by atoms with van der Waals surface area (Å²) in [4.78, 5) is 8.50. The Balaban J connectivity index is 2.22. The van der Waals surface area contributed by atoms with E-state index >= 15 is 0 Å². The maximum absolute atomic E-state index is 8.88. The first-order valence-electron chi connectivity index (χ1n) is 5.99. The van der Waals surface area contributed by atoms with Crippen LogP contribution >= 0.6 is 0 Å². The highest BCUT2D eigenvalue weighted by Crippen LogP contribution is 2.20. The van der Waals surface area contributed by atoms with E-state index in [1.54, 1.807) is 6.20 Å². The van der Waals surface area contributed by atoms with E-state index in [9.17, 15) is 0 Å². The Bertz CT molecular complexity index is 497. The van der Waals surface area contributed by atoms with Crippen LogP contribution in [0.5, 0.6) is 5.75 Å². The normalized spacial score (nSPS) is 10.3. The van der Waals surface area contributed by atoms with Crippen LogP contribution in [-0.4, -0.2) is 28.3 Å². The minimum absolute atomic E-state index is 0.0622. The van der Waals surface area contributed by atoms with Crippen molar-refractivity contribution in [2.75, 3.05) is 13.2 Å². The first-order valence-corrected chi connectivity index (χ1v) is 5.99. The fourth-order valence-electron chi connectivity index (χ4n) is 1.67. The number of hydrogen-bond acceptors (Lipinski definition) is 4. The van der Waals surface area contributed by atoms with Gasteiger partial charge in [0.15, 0.2) is 0 Å². The van der Waals surface area contributed by atoms with Crippen LogP contribution in [-0.2, 0) is 6.42 Å².